The zero-order valence-electron chi connectivity index (χ0n) is 8.84. The maximum absolute atomic E-state index is 12.2. The highest BCUT2D eigenvalue weighted by molar-refractivity contribution is 5.36. The first-order valence-electron chi connectivity index (χ1n) is 4.82. The zero-order chi connectivity index (χ0) is 10.6. The third-order valence-corrected chi connectivity index (χ3v) is 1.88. The number of alkyl halides is 1. The Hall–Kier alpha value is -1.19. The molecule has 0 aliphatic heterocycles. The average Bonchev–Trinajstić information content (AvgIpc) is 2.16. The number of aromatic nitrogens is 2. The molecule has 0 aliphatic carbocycles. The third kappa shape index (κ3) is 2.94. The van der Waals surface area contributed by atoms with E-state index in [1.165, 1.54) is 0 Å². The van der Waals surface area contributed by atoms with E-state index >= 15 is 0 Å². The van der Waals surface area contributed by atoms with Crippen molar-refractivity contribution < 1.29 is 4.39 Å². The molecule has 1 N–H and O–H groups in total. The first-order valence-corrected chi connectivity index (χ1v) is 4.82. The fourth-order valence-corrected chi connectivity index (χ4v) is 1.18. The molecular formula is C10H16FN3. The lowest BCUT2D eigenvalue weighted by molar-refractivity contribution is 0.459. The zero-order valence-corrected chi connectivity index (χ0v) is 8.84. The topological polar surface area (TPSA) is 37.8 Å². The SMILES string of the molecule is CCc1cc(N[C@@H](C)CF)nc(C)n1. The van der Waals surface area contributed by atoms with E-state index in [2.05, 4.69) is 15.3 Å². The lowest BCUT2D eigenvalue weighted by atomic mass is 10.3. The van der Waals surface area contributed by atoms with Crippen LogP contribution in [0.3, 0.4) is 0 Å². The molecule has 0 fully saturated rings. The van der Waals surface area contributed by atoms with Crippen molar-refractivity contribution in [3.63, 3.8) is 0 Å². The van der Waals surface area contributed by atoms with Crippen molar-refractivity contribution >= 4 is 5.82 Å². The largest absolute Gasteiger partial charge is 0.365 e. The van der Waals surface area contributed by atoms with Gasteiger partial charge in [-0.15, -0.1) is 0 Å². The van der Waals surface area contributed by atoms with Crippen LogP contribution < -0.4 is 5.32 Å². The fourth-order valence-electron chi connectivity index (χ4n) is 1.18. The Morgan fingerprint density at radius 3 is 2.79 bits per heavy atom. The maximum atomic E-state index is 12.2. The lowest BCUT2D eigenvalue weighted by Crippen LogP contribution is -2.18. The van der Waals surface area contributed by atoms with Gasteiger partial charge in [-0.2, -0.15) is 0 Å². The van der Waals surface area contributed by atoms with Crippen molar-refractivity contribution in [2.24, 2.45) is 0 Å². The summed E-state index contributed by atoms with van der Waals surface area (Å²) in [6.07, 6.45) is 0.863. The molecule has 0 aliphatic rings. The average molecular weight is 197 g/mol. The quantitative estimate of drug-likeness (QED) is 0.803. The Bertz CT molecular complexity index is 301. The first-order chi connectivity index (χ1) is 6.65. The predicted molar refractivity (Wildman–Crippen MR) is 55.2 cm³/mol. The molecule has 1 rings (SSSR count). The predicted octanol–water partition coefficient (Wildman–Crippen LogP) is 2.12. The van der Waals surface area contributed by atoms with Gasteiger partial charge < -0.3 is 5.32 Å². The summed E-state index contributed by atoms with van der Waals surface area (Å²) in [6.45, 7) is 5.25. The molecule has 0 unspecified atom stereocenters. The van der Waals surface area contributed by atoms with Crippen LogP contribution in [0.5, 0.6) is 0 Å². The summed E-state index contributed by atoms with van der Waals surface area (Å²) in [5, 5.41) is 2.98. The van der Waals surface area contributed by atoms with Crippen LogP contribution in [-0.2, 0) is 6.42 Å². The monoisotopic (exact) mass is 197 g/mol. The Labute approximate surface area is 83.8 Å². The summed E-state index contributed by atoms with van der Waals surface area (Å²) in [5.41, 5.74) is 0.978. The van der Waals surface area contributed by atoms with Gasteiger partial charge >= 0.3 is 0 Å². The minimum atomic E-state index is -0.398. The molecular weight excluding hydrogens is 181 g/mol. The molecule has 1 heterocycles. The molecule has 0 saturated heterocycles. The highest BCUT2D eigenvalue weighted by atomic mass is 19.1. The van der Waals surface area contributed by atoms with Gasteiger partial charge in [0.2, 0.25) is 0 Å². The Balaban J connectivity index is 2.81. The van der Waals surface area contributed by atoms with Crippen LogP contribution in [0.1, 0.15) is 25.4 Å². The van der Waals surface area contributed by atoms with Crippen molar-refractivity contribution in [1.29, 1.82) is 0 Å². The summed E-state index contributed by atoms with van der Waals surface area (Å²) < 4.78 is 12.2. The van der Waals surface area contributed by atoms with Crippen LogP contribution in [0, 0.1) is 6.92 Å². The van der Waals surface area contributed by atoms with Crippen molar-refractivity contribution in [3.05, 3.63) is 17.6 Å². The van der Waals surface area contributed by atoms with Crippen molar-refractivity contribution in [3.8, 4) is 0 Å². The molecule has 0 saturated carbocycles. The molecule has 0 amide bonds. The van der Waals surface area contributed by atoms with E-state index in [1.54, 1.807) is 6.92 Å². The van der Waals surface area contributed by atoms with Gasteiger partial charge in [-0.05, 0) is 20.3 Å². The number of aryl methyl sites for hydroxylation is 2. The second-order valence-corrected chi connectivity index (χ2v) is 3.34. The minimum Gasteiger partial charge on any atom is -0.365 e. The van der Waals surface area contributed by atoms with Gasteiger partial charge in [0.25, 0.3) is 0 Å². The summed E-state index contributed by atoms with van der Waals surface area (Å²) in [6, 6.07) is 1.66. The Morgan fingerprint density at radius 1 is 1.50 bits per heavy atom. The molecule has 1 aromatic heterocycles. The van der Waals surface area contributed by atoms with Gasteiger partial charge in [0.1, 0.15) is 18.3 Å². The molecule has 0 aromatic carbocycles. The van der Waals surface area contributed by atoms with Crippen LogP contribution in [-0.4, -0.2) is 22.7 Å². The smallest absolute Gasteiger partial charge is 0.130 e. The number of hydrogen-bond acceptors (Lipinski definition) is 3. The summed E-state index contributed by atoms with van der Waals surface area (Å²) >= 11 is 0. The van der Waals surface area contributed by atoms with E-state index in [0.29, 0.717) is 5.82 Å². The molecule has 4 heteroatoms. The normalized spacial score (nSPS) is 12.6. The van der Waals surface area contributed by atoms with Crippen LogP contribution in [0.2, 0.25) is 0 Å². The fraction of sp³-hybridized carbons (Fsp3) is 0.600. The second-order valence-electron chi connectivity index (χ2n) is 3.34. The van der Waals surface area contributed by atoms with Gasteiger partial charge in [-0.25, -0.2) is 14.4 Å². The van der Waals surface area contributed by atoms with Crippen LogP contribution in [0.15, 0.2) is 6.07 Å². The van der Waals surface area contributed by atoms with Crippen molar-refractivity contribution in [1.82, 2.24) is 9.97 Å². The number of rotatable bonds is 4. The molecule has 78 valence electrons. The molecule has 1 atom stereocenters. The summed E-state index contributed by atoms with van der Waals surface area (Å²) in [5.74, 6) is 1.43. The molecule has 14 heavy (non-hydrogen) atoms. The molecule has 0 spiro atoms. The van der Waals surface area contributed by atoms with Crippen molar-refractivity contribution in [2.45, 2.75) is 33.2 Å². The number of halogens is 1. The molecule has 1 aromatic rings. The van der Waals surface area contributed by atoms with Gasteiger partial charge in [-0.3, -0.25) is 0 Å². The Kier molecular flexibility index (Phi) is 3.80. The van der Waals surface area contributed by atoms with E-state index in [0.717, 1.165) is 17.9 Å². The summed E-state index contributed by atoms with van der Waals surface area (Å²) in [4.78, 5) is 8.42. The minimum absolute atomic E-state index is 0.200. The van der Waals surface area contributed by atoms with Crippen LogP contribution >= 0.6 is 0 Å². The van der Waals surface area contributed by atoms with Gasteiger partial charge in [0.05, 0.1) is 6.04 Å². The molecule has 0 bridgehead atoms. The molecule has 3 nitrogen and oxygen atoms in total. The van der Waals surface area contributed by atoms with E-state index in [1.807, 2.05) is 19.9 Å². The number of anilines is 1. The second kappa shape index (κ2) is 4.88. The van der Waals surface area contributed by atoms with E-state index in [4.69, 9.17) is 0 Å². The van der Waals surface area contributed by atoms with E-state index in [9.17, 15) is 4.39 Å². The standard InChI is InChI=1S/C10H16FN3/c1-4-9-5-10(12-7(2)6-11)14-8(3)13-9/h5,7H,4,6H2,1-3H3,(H,12,13,14)/t7-/m0/s1. The highest BCUT2D eigenvalue weighted by Crippen LogP contribution is 2.08. The summed E-state index contributed by atoms with van der Waals surface area (Å²) in [7, 11) is 0. The highest BCUT2D eigenvalue weighted by Gasteiger charge is 2.04. The lowest BCUT2D eigenvalue weighted by Gasteiger charge is -2.11. The molecule has 0 radical (unpaired) electrons. The maximum Gasteiger partial charge on any atom is 0.130 e. The number of nitrogens with one attached hydrogen (secondary N) is 1. The van der Waals surface area contributed by atoms with E-state index < -0.39 is 6.67 Å². The van der Waals surface area contributed by atoms with Gasteiger partial charge in [0.15, 0.2) is 0 Å². The van der Waals surface area contributed by atoms with Crippen molar-refractivity contribution in [2.75, 3.05) is 12.0 Å². The first kappa shape index (κ1) is 10.9. The van der Waals surface area contributed by atoms with Crippen LogP contribution in [0.25, 0.3) is 0 Å². The third-order valence-electron chi connectivity index (χ3n) is 1.88. The van der Waals surface area contributed by atoms with E-state index in [-0.39, 0.29) is 6.04 Å². The number of nitrogens with zero attached hydrogens (tertiary/aromatic N) is 2. The number of hydrogen-bond donors (Lipinski definition) is 1. The van der Waals surface area contributed by atoms with Gasteiger partial charge in [-0.1, -0.05) is 6.92 Å². The van der Waals surface area contributed by atoms with Crippen LogP contribution in [0.4, 0.5) is 10.2 Å². The van der Waals surface area contributed by atoms with Gasteiger partial charge in [0, 0.05) is 11.8 Å². The Morgan fingerprint density at radius 2 is 2.21 bits per heavy atom.